The van der Waals surface area contributed by atoms with Gasteiger partial charge in [-0.2, -0.15) is 4.99 Å². The molecule has 30 heavy (non-hydrogen) atoms. The van der Waals surface area contributed by atoms with Crippen molar-refractivity contribution in [3.05, 3.63) is 82.7 Å². The number of hydrogen-bond donors (Lipinski definition) is 1. The first-order valence-corrected chi connectivity index (χ1v) is 12.0. The van der Waals surface area contributed by atoms with E-state index in [4.69, 9.17) is 5.73 Å². The van der Waals surface area contributed by atoms with Gasteiger partial charge in [-0.05, 0) is 49.8 Å². The second-order valence-electron chi connectivity index (χ2n) is 5.90. The summed E-state index contributed by atoms with van der Waals surface area (Å²) in [7, 11) is 0. The molecule has 1 heterocycles. The number of halogens is 1. The Morgan fingerprint density at radius 3 is 2.53 bits per heavy atom. The van der Waals surface area contributed by atoms with Crippen LogP contribution < -0.4 is 5.73 Å². The minimum atomic E-state index is -0.296. The van der Waals surface area contributed by atoms with Crippen LogP contribution in [0.15, 0.2) is 82.0 Å². The van der Waals surface area contributed by atoms with Crippen molar-refractivity contribution < 1.29 is 4.39 Å². The fraction of sp³-hybridized carbons (Fsp3) is 0.333. The van der Waals surface area contributed by atoms with E-state index in [0.717, 1.165) is 16.8 Å². The van der Waals surface area contributed by atoms with Crippen LogP contribution in [0.3, 0.4) is 0 Å². The molecule has 1 unspecified atom stereocenters. The summed E-state index contributed by atoms with van der Waals surface area (Å²) in [6, 6.07) is 0. The highest BCUT2D eigenvalue weighted by atomic mass is 32.2. The van der Waals surface area contributed by atoms with Gasteiger partial charge in [0.2, 0.25) is 5.13 Å². The Morgan fingerprint density at radius 2 is 2.00 bits per heavy atom. The van der Waals surface area contributed by atoms with Crippen LogP contribution in [0.1, 0.15) is 53.2 Å². The monoisotopic (exact) mass is 447 g/mol. The maximum atomic E-state index is 14.9. The smallest absolute Gasteiger partial charge is 0.211 e. The van der Waals surface area contributed by atoms with E-state index < -0.39 is 0 Å². The van der Waals surface area contributed by atoms with E-state index in [1.807, 2.05) is 76.6 Å². The molecule has 3 nitrogen and oxygen atoms in total. The summed E-state index contributed by atoms with van der Waals surface area (Å²) in [4.78, 5) is 8.74. The molecule has 2 N–H and O–H groups in total. The third kappa shape index (κ3) is 9.09. The van der Waals surface area contributed by atoms with Gasteiger partial charge in [0.05, 0.1) is 5.69 Å². The molecule has 0 saturated carbocycles. The quantitative estimate of drug-likeness (QED) is 0.249. The molecular formula is C24H34FN3S2. The molecule has 6 heteroatoms. The summed E-state index contributed by atoms with van der Waals surface area (Å²) < 4.78 is 14.9. The number of amidine groups is 1. The highest BCUT2D eigenvalue weighted by Gasteiger charge is 2.14. The zero-order chi connectivity index (χ0) is 23.1. The van der Waals surface area contributed by atoms with Gasteiger partial charge in [-0.1, -0.05) is 75.6 Å². The highest BCUT2D eigenvalue weighted by molar-refractivity contribution is 8.13. The van der Waals surface area contributed by atoms with E-state index in [1.165, 1.54) is 29.2 Å². The van der Waals surface area contributed by atoms with Crippen molar-refractivity contribution in [2.45, 2.75) is 47.5 Å². The lowest BCUT2D eigenvalue weighted by atomic mass is 9.96. The molecule has 1 aromatic heterocycles. The Bertz CT molecular complexity index is 856. The van der Waals surface area contributed by atoms with Crippen LogP contribution in [0.4, 0.5) is 9.52 Å². The van der Waals surface area contributed by atoms with E-state index >= 15 is 0 Å². The van der Waals surface area contributed by atoms with Gasteiger partial charge in [-0.3, -0.25) is 0 Å². The van der Waals surface area contributed by atoms with E-state index in [0.29, 0.717) is 15.9 Å². The molecule has 0 aromatic carbocycles. The number of nitrogens with two attached hydrogens (primary N) is 1. The Morgan fingerprint density at radius 1 is 1.33 bits per heavy atom. The molecule has 1 rings (SSSR count). The lowest BCUT2D eigenvalue weighted by molar-refractivity contribution is 0.653. The molecule has 0 bridgehead atoms. The zero-order valence-corrected chi connectivity index (χ0v) is 20.7. The van der Waals surface area contributed by atoms with Crippen molar-refractivity contribution in [3.63, 3.8) is 0 Å². The lowest BCUT2D eigenvalue weighted by Gasteiger charge is -2.11. The first kappa shape index (κ1) is 27.8. The van der Waals surface area contributed by atoms with Crippen LogP contribution in [0, 0.1) is 0 Å². The molecule has 0 aliphatic carbocycles. The van der Waals surface area contributed by atoms with Crippen LogP contribution >= 0.6 is 23.1 Å². The Kier molecular flexibility index (Phi) is 14.5. The summed E-state index contributed by atoms with van der Waals surface area (Å²) >= 11 is 2.78. The van der Waals surface area contributed by atoms with Gasteiger partial charge in [-0.15, -0.1) is 11.3 Å². The molecule has 0 saturated heterocycles. The first-order valence-electron chi connectivity index (χ1n) is 9.87. The molecule has 0 spiro atoms. The minimum Gasteiger partial charge on any atom is -0.378 e. The number of thioether (sulfide) groups is 1. The van der Waals surface area contributed by atoms with Crippen LogP contribution in [0.5, 0.6) is 0 Å². The first-order chi connectivity index (χ1) is 14.4. The number of nitrogens with zero attached hydrogens (tertiary/aromatic N) is 2. The van der Waals surface area contributed by atoms with Crippen molar-refractivity contribution in [3.8, 4) is 0 Å². The summed E-state index contributed by atoms with van der Waals surface area (Å²) in [5, 5.41) is 2.97. The summed E-state index contributed by atoms with van der Waals surface area (Å²) in [6.45, 7) is 15.4. The number of thiazole rings is 1. The number of rotatable bonds is 8. The maximum Gasteiger partial charge on any atom is 0.211 e. The van der Waals surface area contributed by atoms with Gasteiger partial charge >= 0.3 is 0 Å². The fourth-order valence-corrected chi connectivity index (χ4v) is 3.30. The van der Waals surface area contributed by atoms with E-state index in [9.17, 15) is 4.39 Å². The standard InChI is InChI=1S/C22H28FN3S2.C2H6/c1-7-10-12-18(11-8-2)15(4)19(23)13-17(9-3)16(5)20-14-28-22(25-20)26-21(24)27-6;1-2/h7-14,16H,3H2,1-2,4-6H3,(H2,24,25,26);1-2H3/b10-7-,11-8-,17-13+,18-12+,19-15-;. The van der Waals surface area contributed by atoms with E-state index in [1.54, 1.807) is 13.0 Å². The Balaban J connectivity index is 0.00000407. The Labute approximate surface area is 189 Å². The fourth-order valence-electron chi connectivity index (χ4n) is 2.28. The molecule has 1 aromatic rings. The van der Waals surface area contributed by atoms with E-state index in [-0.39, 0.29) is 11.7 Å². The average molecular weight is 448 g/mol. The van der Waals surface area contributed by atoms with Crippen molar-refractivity contribution in [2.24, 2.45) is 10.7 Å². The van der Waals surface area contributed by atoms with Gasteiger partial charge in [0.1, 0.15) is 5.83 Å². The molecule has 0 aliphatic heterocycles. The molecule has 1 atom stereocenters. The van der Waals surface area contributed by atoms with Crippen molar-refractivity contribution in [1.82, 2.24) is 4.98 Å². The second kappa shape index (κ2) is 15.6. The summed E-state index contributed by atoms with van der Waals surface area (Å²) in [5.41, 5.74) is 8.70. The topological polar surface area (TPSA) is 51.3 Å². The predicted molar refractivity (Wildman–Crippen MR) is 136 cm³/mol. The zero-order valence-electron chi connectivity index (χ0n) is 19.1. The van der Waals surface area contributed by atoms with Crippen molar-refractivity contribution in [2.75, 3.05) is 6.26 Å². The molecule has 0 fully saturated rings. The third-order valence-corrected chi connectivity index (χ3v) is 5.27. The van der Waals surface area contributed by atoms with Crippen LogP contribution in [-0.2, 0) is 0 Å². The largest absolute Gasteiger partial charge is 0.378 e. The number of allylic oxidation sites excluding steroid dienone is 11. The van der Waals surface area contributed by atoms with Crippen LogP contribution in [-0.4, -0.2) is 16.4 Å². The predicted octanol–water partition coefficient (Wildman–Crippen LogP) is 8.02. The molecular weight excluding hydrogens is 413 g/mol. The molecule has 164 valence electrons. The minimum absolute atomic E-state index is 0.114. The molecule has 0 amide bonds. The number of aliphatic imine (C=N–C) groups is 1. The SMILES string of the molecule is C=C\C(=C/C(F)=C(C)/C(/C=C\C)=C/C=C\C)C(C)c1csc(N=C(N)SC)n1.CC. The van der Waals surface area contributed by atoms with Crippen LogP contribution in [0.2, 0.25) is 0 Å². The highest BCUT2D eigenvalue weighted by Crippen LogP contribution is 2.31. The van der Waals surface area contributed by atoms with Gasteiger partial charge in [0, 0.05) is 11.3 Å². The maximum absolute atomic E-state index is 14.9. The summed E-state index contributed by atoms with van der Waals surface area (Å²) in [5.74, 6) is -0.410. The number of hydrogen-bond acceptors (Lipinski definition) is 4. The van der Waals surface area contributed by atoms with Gasteiger partial charge < -0.3 is 5.73 Å². The molecule has 0 radical (unpaired) electrons. The third-order valence-electron chi connectivity index (χ3n) is 4.00. The van der Waals surface area contributed by atoms with Crippen molar-refractivity contribution in [1.29, 1.82) is 0 Å². The van der Waals surface area contributed by atoms with Gasteiger partial charge in [-0.25, -0.2) is 9.37 Å². The second-order valence-corrected chi connectivity index (χ2v) is 7.56. The van der Waals surface area contributed by atoms with Crippen LogP contribution in [0.25, 0.3) is 0 Å². The lowest BCUT2D eigenvalue weighted by Crippen LogP contribution is -2.04. The average Bonchev–Trinajstić information content (AvgIpc) is 3.23. The normalized spacial score (nSPS) is 15.1. The number of aromatic nitrogens is 1. The molecule has 0 aliphatic rings. The van der Waals surface area contributed by atoms with E-state index in [2.05, 4.69) is 16.6 Å². The van der Waals surface area contributed by atoms with Gasteiger partial charge in [0.25, 0.3) is 0 Å². The summed E-state index contributed by atoms with van der Waals surface area (Å²) in [6.07, 6.45) is 14.5. The van der Waals surface area contributed by atoms with Gasteiger partial charge in [0.15, 0.2) is 5.17 Å². The van der Waals surface area contributed by atoms with Crippen molar-refractivity contribution >= 4 is 33.4 Å². The Hall–Kier alpha value is -2.18.